The molecule has 1 unspecified atom stereocenters. The van der Waals surface area contributed by atoms with Crippen molar-refractivity contribution in [1.29, 1.82) is 0 Å². The minimum atomic E-state index is -0.157. The fourth-order valence-corrected chi connectivity index (χ4v) is 3.63. The molecule has 0 bridgehead atoms. The molecule has 2 rings (SSSR count). The fourth-order valence-electron chi connectivity index (χ4n) is 2.97. The molecule has 1 heterocycles. The summed E-state index contributed by atoms with van der Waals surface area (Å²) >= 11 is 1.68. The second-order valence-corrected chi connectivity index (χ2v) is 7.26. The summed E-state index contributed by atoms with van der Waals surface area (Å²) in [5.74, 6) is 5.80. The van der Waals surface area contributed by atoms with Crippen LogP contribution in [-0.4, -0.2) is 23.7 Å². The average molecular weight is 283 g/mol. The van der Waals surface area contributed by atoms with Crippen LogP contribution >= 0.6 is 11.3 Å². The number of hydrazine groups is 1. The van der Waals surface area contributed by atoms with Crippen LogP contribution in [0.5, 0.6) is 0 Å². The van der Waals surface area contributed by atoms with Gasteiger partial charge in [-0.1, -0.05) is 13.8 Å². The third-order valence-corrected chi connectivity index (χ3v) is 5.36. The molecule has 108 valence electrons. The van der Waals surface area contributed by atoms with Crippen molar-refractivity contribution in [2.45, 2.75) is 57.6 Å². The van der Waals surface area contributed by atoms with Gasteiger partial charge in [0.05, 0.1) is 16.7 Å². The highest BCUT2D eigenvalue weighted by atomic mass is 32.1. The summed E-state index contributed by atoms with van der Waals surface area (Å²) in [6, 6.07) is 0.125. The molecular weight excluding hydrogens is 258 g/mol. The average Bonchev–Trinajstić information content (AvgIpc) is 2.90. The summed E-state index contributed by atoms with van der Waals surface area (Å²) in [6.45, 7) is 4.66. The van der Waals surface area contributed by atoms with Gasteiger partial charge in [0, 0.05) is 25.1 Å². The smallest absolute Gasteiger partial charge is 0.0942 e. The van der Waals surface area contributed by atoms with E-state index < -0.39 is 0 Å². The van der Waals surface area contributed by atoms with E-state index >= 15 is 0 Å². The Morgan fingerprint density at radius 1 is 1.42 bits per heavy atom. The number of thiazole rings is 1. The van der Waals surface area contributed by atoms with E-state index in [0.29, 0.717) is 5.41 Å². The minimum Gasteiger partial charge on any atom is -0.377 e. The van der Waals surface area contributed by atoms with Gasteiger partial charge >= 0.3 is 0 Å². The van der Waals surface area contributed by atoms with Gasteiger partial charge in [0.25, 0.3) is 0 Å². The molecule has 1 aliphatic rings. The normalized spacial score (nSPS) is 23.2. The number of methoxy groups -OCH3 is 1. The number of rotatable bonds is 5. The number of nitrogens with one attached hydrogen (secondary N) is 1. The Labute approximate surface area is 119 Å². The van der Waals surface area contributed by atoms with E-state index in [1.54, 1.807) is 11.3 Å². The van der Waals surface area contributed by atoms with Crippen molar-refractivity contribution >= 4 is 11.3 Å². The van der Waals surface area contributed by atoms with Crippen LogP contribution in [0.4, 0.5) is 0 Å². The van der Waals surface area contributed by atoms with Gasteiger partial charge in [0.15, 0.2) is 0 Å². The van der Waals surface area contributed by atoms with E-state index in [0.717, 1.165) is 24.3 Å². The molecule has 1 fully saturated rings. The van der Waals surface area contributed by atoms with Crippen LogP contribution in [0, 0.1) is 5.41 Å². The van der Waals surface area contributed by atoms with E-state index in [9.17, 15) is 0 Å². The first-order chi connectivity index (χ1) is 9.01. The molecule has 1 atom stereocenters. The molecule has 0 aliphatic heterocycles. The SMILES string of the molecule is COC1(C(Cc2nccs2)NN)CCC(C)(C)CC1. The Hall–Kier alpha value is -0.490. The topological polar surface area (TPSA) is 60.2 Å². The third-order valence-electron chi connectivity index (χ3n) is 4.55. The zero-order valence-corrected chi connectivity index (χ0v) is 12.9. The number of hydrogen-bond acceptors (Lipinski definition) is 5. The quantitative estimate of drug-likeness (QED) is 0.644. The van der Waals surface area contributed by atoms with Crippen LogP contribution in [0.15, 0.2) is 11.6 Å². The predicted octanol–water partition coefficient (Wildman–Crippen LogP) is 2.50. The van der Waals surface area contributed by atoms with Gasteiger partial charge in [-0.25, -0.2) is 4.98 Å². The highest BCUT2D eigenvalue weighted by Crippen LogP contribution is 2.43. The highest BCUT2D eigenvalue weighted by Gasteiger charge is 2.44. The Bertz CT molecular complexity index is 381. The number of ether oxygens (including phenoxy) is 1. The maximum Gasteiger partial charge on any atom is 0.0942 e. The molecule has 3 N–H and O–H groups in total. The van der Waals surface area contributed by atoms with Crippen molar-refractivity contribution in [3.8, 4) is 0 Å². The number of nitrogens with zero attached hydrogens (tertiary/aromatic N) is 1. The fraction of sp³-hybridized carbons (Fsp3) is 0.786. The van der Waals surface area contributed by atoms with Crippen LogP contribution < -0.4 is 11.3 Å². The van der Waals surface area contributed by atoms with E-state index in [1.807, 2.05) is 18.7 Å². The third kappa shape index (κ3) is 3.34. The molecule has 0 spiro atoms. The molecule has 19 heavy (non-hydrogen) atoms. The largest absolute Gasteiger partial charge is 0.377 e. The monoisotopic (exact) mass is 283 g/mol. The summed E-state index contributed by atoms with van der Waals surface area (Å²) < 4.78 is 5.91. The highest BCUT2D eigenvalue weighted by molar-refractivity contribution is 7.09. The van der Waals surface area contributed by atoms with Crippen LogP contribution in [0.25, 0.3) is 0 Å². The molecule has 1 aromatic rings. The van der Waals surface area contributed by atoms with E-state index in [4.69, 9.17) is 10.6 Å². The van der Waals surface area contributed by atoms with E-state index in [1.165, 1.54) is 12.8 Å². The molecule has 1 aromatic heterocycles. The first kappa shape index (κ1) is 14.9. The summed E-state index contributed by atoms with van der Waals surface area (Å²) in [6.07, 6.45) is 7.14. The van der Waals surface area contributed by atoms with Crippen LogP contribution in [-0.2, 0) is 11.2 Å². The maximum atomic E-state index is 5.91. The zero-order valence-electron chi connectivity index (χ0n) is 12.1. The summed E-state index contributed by atoms with van der Waals surface area (Å²) in [7, 11) is 1.81. The number of aromatic nitrogens is 1. The summed E-state index contributed by atoms with van der Waals surface area (Å²) in [5.41, 5.74) is 3.23. The van der Waals surface area contributed by atoms with Gasteiger partial charge in [-0.2, -0.15) is 0 Å². The lowest BCUT2D eigenvalue weighted by molar-refractivity contribution is -0.0862. The number of hydrogen-bond donors (Lipinski definition) is 2. The van der Waals surface area contributed by atoms with Gasteiger partial charge < -0.3 is 4.74 Å². The van der Waals surface area contributed by atoms with Gasteiger partial charge in [0.1, 0.15) is 0 Å². The van der Waals surface area contributed by atoms with Gasteiger partial charge in [-0.15, -0.1) is 11.3 Å². The standard InChI is InChI=1S/C14H25N3OS/c1-13(2)4-6-14(18-3,7-5-13)11(17-15)10-12-16-8-9-19-12/h8-9,11,17H,4-7,10,15H2,1-3H3. The molecule has 1 aliphatic carbocycles. The minimum absolute atomic E-state index is 0.125. The van der Waals surface area contributed by atoms with Crippen molar-refractivity contribution in [1.82, 2.24) is 10.4 Å². The zero-order chi connectivity index (χ0) is 13.9. The first-order valence-electron chi connectivity index (χ1n) is 6.91. The summed E-state index contributed by atoms with van der Waals surface area (Å²) in [5, 5.41) is 3.12. The molecule has 1 saturated carbocycles. The van der Waals surface area contributed by atoms with Crippen molar-refractivity contribution in [3.63, 3.8) is 0 Å². The van der Waals surface area contributed by atoms with E-state index in [-0.39, 0.29) is 11.6 Å². The first-order valence-corrected chi connectivity index (χ1v) is 7.79. The molecule has 4 nitrogen and oxygen atoms in total. The molecule has 0 radical (unpaired) electrons. The molecule has 0 saturated heterocycles. The molecule has 5 heteroatoms. The second kappa shape index (κ2) is 5.87. The van der Waals surface area contributed by atoms with Gasteiger partial charge in [-0.3, -0.25) is 11.3 Å². The Morgan fingerprint density at radius 3 is 2.58 bits per heavy atom. The van der Waals surface area contributed by atoms with Gasteiger partial charge in [0.2, 0.25) is 0 Å². The second-order valence-electron chi connectivity index (χ2n) is 6.28. The molecule has 0 amide bonds. The maximum absolute atomic E-state index is 5.91. The van der Waals surface area contributed by atoms with Crippen LogP contribution in [0.3, 0.4) is 0 Å². The van der Waals surface area contributed by atoms with Crippen LogP contribution in [0.2, 0.25) is 0 Å². The van der Waals surface area contributed by atoms with Crippen molar-refractivity contribution in [2.24, 2.45) is 11.3 Å². The van der Waals surface area contributed by atoms with E-state index in [2.05, 4.69) is 24.3 Å². The lowest BCUT2D eigenvalue weighted by atomic mass is 9.68. The molecule has 0 aromatic carbocycles. The van der Waals surface area contributed by atoms with Crippen molar-refractivity contribution in [2.75, 3.05) is 7.11 Å². The van der Waals surface area contributed by atoms with Crippen LogP contribution in [0.1, 0.15) is 44.5 Å². The Balaban J connectivity index is 2.10. The Kier molecular flexibility index (Phi) is 4.61. The predicted molar refractivity (Wildman–Crippen MR) is 78.9 cm³/mol. The Morgan fingerprint density at radius 2 is 2.11 bits per heavy atom. The number of nitrogens with two attached hydrogens (primary N) is 1. The summed E-state index contributed by atoms with van der Waals surface area (Å²) in [4.78, 5) is 4.36. The van der Waals surface area contributed by atoms with Gasteiger partial charge in [-0.05, 0) is 31.1 Å². The van der Waals surface area contributed by atoms with Crippen molar-refractivity contribution < 1.29 is 4.74 Å². The molecular formula is C14H25N3OS. The lowest BCUT2D eigenvalue weighted by Crippen LogP contribution is -2.57. The van der Waals surface area contributed by atoms with Crippen molar-refractivity contribution in [3.05, 3.63) is 16.6 Å². The lowest BCUT2D eigenvalue weighted by Gasteiger charge is -2.46.